The minimum absolute atomic E-state index is 0.0224. The molecule has 4 N–H and O–H groups in total. The summed E-state index contributed by atoms with van der Waals surface area (Å²) < 4.78 is 54.6. The summed E-state index contributed by atoms with van der Waals surface area (Å²) in [5, 5.41) is 17.8. The van der Waals surface area contributed by atoms with Crippen molar-refractivity contribution in [2.75, 3.05) is 52.4 Å². The quantitative estimate of drug-likeness (QED) is 0.238. The molecule has 38 heavy (non-hydrogen) atoms. The number of carboxylic acids is 2. The standard InChI is InChI=1S/C24H32N4O8S2/c29-23(30)19-3-7-21(8-4-19)37(33,34)25-11-1-13-27-15-17-28(18-16-27)14-2-12-26-38(35,36)22-9-5-20(6-10-22)24(31)32/h3-10,25-26H,1-2,11-18H2,(H,29,30)(H,31,32). The molecule has 0 bridgehead atoms. The zero-order valence-electron chi connectivity index (χ0n) is 20.7. The minimum Gasteiger partial charge on any atom is -0.478 e. The number of benzene rings is 2. The molecule has 2 aromatic rings. The molecule has 0 unspecified atom stereocenters. The number of hydrogen-bond donors (Lipinski definition) is 4. The Balaban J connectivity index is 1.30. The highest BCUT2D eigenvalue weighted by Gasteiger charge is 2.19. The van der Waals surface area contributed by atoms with Crippen molar-refractivity contribution in [2.24, 2.45) is 0 Å². The third-order valence-electron chi connectivity index (χ3n) is 6.17. The van der Waals surface area contributed by atoms with Crippen LogP contribution in [0.5, 0.6) is 0 Å². The molecule has 14 heteroatoms. The summed E-state index contributed by atoms with van der Waals surface area (Å²) in [6, 6.07) is 10.1. The van der Waals surface area contributed by atoms with Crippen LogP contribution in [0.15, 0.2) is 58.3 Å². The molecule has 1 aliphatic rings. The molecule has 2 aromatic carbocycles. The van der Waals surface area contributed by atoms with E-state index in [2.05, 4.69) is 19.2 Å². The van der Waals surface area contributed by atoms with Gasteiger partial charge in [-0.3, -0.25) is 0 Å². The van der Waals surface area contributed by atoms with Gasteiger partial charge in [-0.1, -0.05) is 0 Å². The largest absolute Gasteiger partial charge is 0.478 e. The topological polar surface area (TPSA) is 173 Å². The summed E-state index contributed by atoms with van der Waals surface area (Å²) in [7, 11) is -7.41. The second kappa shape index (κ2) is 13.3. The lowest BCUT2D eigenvalue weighted by Gasteiger charge is -2.34. The van der Waals surface area contributed by atoms with E-state index in [1.165, 1.54) is 48.5 Å². The third-order valence-corrected chi connectivity index (χ3v) is 9.13. The maximum atomic E-state index is 12.4. The Labute approximate surface area is 222 Å². The number of nitrogens with zero attached hydrogens (tertiary/aromatic N) is 2. The van der Waals surface area contributed by atoms with Gasteiger partial charge < -0.3 is 20.0 Å². The molecular weight excluding hydrogens is 536 g/mol. The van der Waals surface area contributed by atoms with Gasteiger partial charge in [-0.15, -0.1) is 0 Å². The molecule has 0 atom stereocenters. The van der Waals surface area contributed by atoms with Crippen LogP contribution in [0.3, 0.4) is 0 Å². The van der Waals surface area contributed by atoms with Crippen LogP contribution in [0, 0.1) is 0 Å². The SMILES string of the molecule is O=C(O)c1ccc(S(=O)(=O)NCCCN2CCN(CCCNS(=O)(=O)c3ccc(C(=O)O)cc3)CC2)cc1. The lowest BCUT2D eigenvalue weighted by atomic mass is 10.2. The third kappa shape index (κ3) is 8.58. The molecule has 1 saturated heterocycles. The number of carboxylic acid groups (broad SMARTS) is 2. The number of sulfonamides is 2. The summed E-state index contributed by atoms with van der Waals surface area (Å²) >= 11 is 0. The van der Waals surface area contributed by atoms with Crippen LogP contribution in [0.4, 0.5) is 0 Å². The number of hydrogen-bond acceptors (Lipinski definition) is 8. The van der Waals surface area contributed by atoms with Gasteiger partial charge in [-0.05, 0) is 74.5 Å². The second-order valence-corrected chi connectivity index (χ2v) is 12.4. The molecule has 1 heterocycles. The summed E-state index contributed by atoms with van der Waals surface area (Å²) in [5.74, 6) is -2.23. The molecular formula is C24H32N4O8S2. The first-order valence-corrected chi connectivity index (χ1v) is 15.1. The van der Waals surface area contributed by atoms with Crippen molar-refractivity contribution in [2.45, 2.75) is 22.6 Å². The van der Waals surface area contributed by atoms with Crippen molar-refractivity contribution >= 4 is 32.0 Å². The van der Waals surface area contributed by atoms with E-state index in [4.69, 9.17) is 10.2 Å². The van der Waals surface area contributed by atoms with Gasteiger partial charge in [-0.2, -0.15) is 0 Å². The normalized spacial score (nSPS) is 15.4. The van der Waals surface area contributed by atoms with Gasteiger partial charge in [0, 0.05) is 39.3 Å². The van der Waals surface area contributed by atoms with Crippen LogP contribution in [-0.2, 0) is 20.0 Å². The number of rotatable bonds is 14. The molecule has 3 rings (SSSR count). The maximum absolute atomic E-state index is 12.4. The van der Waals surface area contributed by atoms with Crippen molar-refractivity contribution in [1.82, 2.24) is 19.2 Å². The molecule has 1 aliphatic heterocycles. The van der Waals surface area contributed by atoms with Crippen LogP contribution in [0.1, 0.15) is 33.6 Å². The lowest BCUT2D eigenvalue weighted by molar-refractivity contribution is 0.0686. The first-order chi connectivity index (χ1) is 18.0. The fourth-order valence-electron chi connectivity index (χ4n) is 3.97. The average Bonchev–Trinajstić information content (AvgIpc) is 2.90. The van der Waals surface area contributed by atoms with E-state index in [0.29, 0.717) is 12.8 Å². The molecule has 12 nitrogen and oxygen atoms in total. The van der Waals surface area contributed by atoms with Crippen LogP contribution in [0.25, 0.3) is 0 Å². The van der Waals surface area contributed by atoms with Gasteiger partial charge in [0.25, 0.3) is 0 Å². The van der Waals surface area contributed by atoms with E-state index in [1.807, 2.05) is 0 Å². The number of carbonyl (C=O) groups is 2. The van der Waals surface area contributed by atoms with Crippen molar-refractivity contribution in [1.29, 1.82) is 0 Å². The predicted molar refractivity (Wildman–Crippen MR) is 139 cm³/mol. The van der Waals surface area contributed by atoms with E-state index >= 15 is 0 Å². The minimum atomic E-state index is -3.70. The van der Waals surface area contributed by atoms with Crippen molar-refractivity contribution in [3.05, 3.63) is 59.7 Å². The Morgan fingerprint density at radius 1 is 0.632 bits per heavy atom. The highest BCUT2D eigenvalue weighted by Crippen LogP contribution is 2.12. The van der Waals surface area contributed by atoms with Crippen LogP contribution < -0.4 is 9.44 Å². The van der Waals surface area contributed by atoms with Crippen molar-refractivity contribution in [3.8, 4) is 0 Å². The molecule has 0 radical (unpaired) electrons. The van der Waals surface area contributed by atoms with E-state index in [0.717, 1.165) is 39.3 Å². The number of piperazine rings is 1. The zero-order valence-corrected chi connectivity index (χ0v) is 22.4. The summed E-state index contributed by atoms with van der Waals surface area (Å²) in [6.45, 7) is 5.29. The molecule has 0 aliphatic carbocycles. The van der Waals surface area contributed by atoms with Gasteiger partial charge in [0.1, 0.15) is 0 Å². The van der Waals surface area contributed by atoms with E-state index in [1.54, 1.807) is 0 Å². The van der Waals surface area contributed by atoms with E-state index in [-0.39, 0.29) is 34.0 Å². The Bertz CT molecular complexity index is 1200. The molecule has 0 amide bonds. The monoisotopic (exact) mass is 568 g/mol. The Hall–Kier alpha value is -2.88. The van der Waals surface area contributed by atoms with Gasteiger partial charge in [0.15, 0.2) is 0 Å². The summed E-state index contributed by atoms with van der Waals surface area (Å²) in [4.78, 5) is 26.4. The molecule has 1 fully saturated rings. The first kappa shape index (κ1) is 29.7. The molecule has 0 spiro atoms. The van der Waals surface area contributed by atoms with E-state index in [9.17, 15) is 26.4 Å². The zero-order chi connectivity index (χ0) is 27.8. The highest BCUT2D eigenvalue weighted by molar-refractivity contribution is 7.89. The van der Waals surface area contributed by atoms with Crippen molar-refractivity contribution in [3.63, 3.8) is 0 Å². The highest BCUT2D eigenvalue weighted by atomic mass is 32.2. The van der Waals surface area contributed by atoms with Gasteiger partial charge in [-0.25, -0.2) is 35.9 Å². The number of nitrogens with one attached hydrogen (secondary N) is 2. The predicted octanol–water partition coefficient (Wildman–Crippen LogP) is 0.738. The number of aromatic carboxylic acids is 2. The van der Waals surface area contributed by atoms with Crippen LogP contribution >= 0.6 is 0 Å². The average molecular weight is 569 g/mol. The Kier molecular flexibility index (Phi) is 10.4. The first-order valence-electron chi connectivity index (χ1n) is 12.1. The lowest BCUT2D eigenvalue weighted by Crippen LogP contribution is -2.47. The van der Waals surface area contributed by atoms with Gasteiger partial charge in [0.05, 0.1) is 20.9 Å². The molecule has 208 valence electrons. The fraction of sp³-hybridized carbons (Fsp3) is 0.417. The maximum Gasteiger partial charge on any atom is 0.335 e. The van der Waals surface area contributed by atoms with Gasteiger partial charge in [0.2, 0.25) is 20.0 Å². The second-order valence-electron chi connectivity index (χ2n) is 8.84. The Morgan fingerprint density at radius 3 is 1.24 bits per heavy atom. The molecule has 0 saturated carbocycles. The smallest absolute Gasteiger partial charge is 0.335 e. The van der Waals surface area contributed by atoms with Crippen LogP contribution in [-0.4, -0.2) is 101 Å². The Morgan fingerprint density at radius 2 is 0.947 bits per heavy atom. The van der Waals surface area contributed by atoms with Crippen LogP contribution in [0.2, 0.25) is 0 Å². The summed E-state index contributed by atoms with van der Waals surface area (Å²) in [6.07, 6.45) is 1.25. The summed E-state index contributed by atoms with van der Waals surface area (Å²) in [5.41, 5.74) is 0.0448. The van der Waals surface area contributed by atoms with Gasteiger partial charge >= 0.3 is 11.9 Å². The van der Waals surface area contributed by atoms with E-state index < -0.39 is 32.0 Å². The molecule has 0 aromatic heterocycles. The van der Waals surface area contributed by atoms with Crippen molar-refractivity contribution < 1.29 is 36.6 Å². The fourth-order valence-corrected chi connectivity index (χ4v) is 6.12.